The number of carbonyl (C=O) groups is 1. The SMILES string of the molecule is COC1(C)C=C2CCC3C(=C2CC1)[C@@H](c1ccc(C2(C)OCCO2)cc1)C[C@](C)(C(C)=O)C3C. The highest BCUT2D eigenvalue weighted by Crippen LogP contribution is 2.59. The van der Waals surface area contributed by atoms with E-state index < -0.39 is 5.79 Å². The minimum atomic E-state index is -0.660. The molecular formula is C30H40O4. The number of methoxy groups -OCH3 is 1. The van der Waals surface area contributed by atoms with E-state index in [1.165, 1.54) is 11.1 Å². The maximum absolute atomic E-state index is 13.0. The molecule has 0 aromatic heterocycles. The van der Waals surface area contributed by atoms with Crippen molar-refractivity contribution < 1.29 is 19.0 Å². The van der Waals surface area contributed by atoms with E-state index in [-0.39, 0.29) is 16.9 Å². The van der Waals surface area contributed by atoms with Crippen molar-refractivity contribution in [1.29, 1.82) is 0 Å². The summed E-state index contributed by atoms with van der Waals surface area (Å²) in [6.45, 7) is 11.8. The number of rotatable bonds is 4. The van der Waals surface area contributed by atoms with Crippen LogP contribution in [0.15, 0.2) is 47.1 Å². The Morgan fingerprint density at radius 1 is 1.06 bits per heavy atom. The van der Waals surface area contributed by atoms with E-state index in [1.807, 2.05) is 14.0 Å². The number of ether oxygens (including phenoxy) is 3. The minimum absolute atomic E-state index is 0.172. The van der Waals surface area contributed by atoms with E-state index in [9.17, 15) is 4.79 Å². The fourth-order valence-electron chi connectivity index (χ4n) is 7.08. The summed E-state index contributed by atoms with van der Waals surface area (Å²) in [6, 6.07) is 8.81. The highest BCUT2D eigenvalue weighted by Gasteiger charge is 2.51. The molecule has 4 heteroatoms. The number of benzene rings is 1. The van der Waals surface area contributed by atoms with Crippen LogP contribution in [0.5, 0.6) is 0 Å². The Balaban J connectivity index is 1.60. The fraction of sp³-hybridized carbons (Fsp3) is 0.633. The van der Waals surface area contributed by atoms with Crippen molar-refractivity contribution in [3.8, 4) is 0 Å². The van der Waals surface area contributed by atoms with Crippen molar-refractivity contribution in [2.24, 2.45) is 17.3 Å². The summed E-state index contributed by atoms with van der Waals surface area (Å²) in [5, 5.41) is 0. The van der Waals surface area contributed by atoms with Gasteiger partial charge in [0.05, 0.1) is 18.8 Å². The summed E-state index contributed by atoms with van der Waals surface area (Å²) in [6.07, 6.45) is 7.52. The number of allylic oxidation sites excluding steroid dienone is 3. The highest BCUT2D eigenvalue weighted by molar-refractivity contribution is 5.83. The first-order valence-electron chi connectivity index (χ1n) is 13.0. The predicted octanol–water partition coefficient (Wildman–Crippen LogP) is 6.46. The van der Waals surface area contributed by atoms with Crippen LogP contribution in [-0.2, 0) is 24.8 Å². The Kier molecular flexibility index (Phi) is 5.94. The average molecular weight is 465 g/mol. The molecule has 0 radical (unpaired) electrons. The van der Waals surface area contributed by atoms with Crippen molar-refractivity contribution in [2.45, 2.75) is 84.0 Å². The van der Waals surface area contributed by atoms with Gasteiger partial charge in [-0.15, -0.1) is 0 Å². The second-order valence-corrected chi connectivity index (χ2v) is 11.5. The average Bonchev–Trinajstić information content (AvgIpc) is 3.28. The van der Waals surface area contributed by atoms with Gasteiger partial charge in [-0.1, -0.05) is 43.7 Å². The maximum Gasteiger partial charge on any atom is 0.192 e. The molecule has 5 atom stereocenters. The van der Waals surface area contributed by atoms with Crippen molar-refractivity contribution in [2.75, 3.05) is 20.3 Å². The van der Waals surface area contributed by atoms with Gasteiger partial charge in [0, 0.05) is 24.0 Å². The summed E-state index contributed by atoms with van der Waals surface area (Å²) in [5.74, 6) is 0.716. The van der Waals surface area contributed by atoms with Crippen LogP contribution in [0.25, 0.3) is 0 Å². The van der Waals surface area contributed by atoms with Crippen LogP contribution in [-0.4, -0.2) is 31.7 Å². The molecule has 1 heterocycles. The summed E-state index contributed by atoms with van der Waals surface area (Å²) in [7, 11) is 1.82. The van der Waals surface area contributed by atoms with Crippen LogP contribution in [0.4, 0.5) is 0 Å². The van der Waals surface area contributed by atoms with Gasteiger partial charge in [-0.05, 0) is 87.5 Å². The summed E-state index contributed by atoms with van der Waals surface area (Å²) in [4.78, 5) is 13.0. The first-order chi connectivity index (χ1) is 16.1. The molecule has 0 N–H and O–H groups in total. The lowest BCUT2D eigenvalue weighted by atomic mass is 9.52. The van der Waals surface area contributed by atoms with Crippen molar-refractivity contribution in [1.82, 2.24) is 0 Å². The first kappa shape index (κ1) is 24.0. The van der Waals surface area contributed by atoms with Crippen LogP contribution in [0.2, 0.25) is 0 Å². The molecule has 4 aliphatic rings. The zero-order valence-electron chi connectivity index (χ0n) is 21.7. The quantitative estimate of drug-likeness (QED) is 0.513. The van der Waals surface area contributed by atoms with E-state index >= 15 is 0 Å². The normalized spacial score (nSPS) is 37.1. The molecule has 3 unspecified atom stereocenters. The smallest absolute Gasteiger partial charge is 0.192 e. The lowest BCUT2D eigenvalue weighted by Crippen LogP contribution is -2.46. The molecule has 1 aromatic rings. The monoisotopic (exact) mass is 464 g/mol. The molecule has 0 bridgehead atoms. The molecule has 0 spiro atoms. The molecule has 2 fully saturated rings. The first-order valence-corrected chi connectivity index (χ1v) is 13.0. The van der Waals surface area contributed by atoms with Crippen LogP contribution in [0, 0.1) is 17.3 Å². The van der Waals surface area contributed by atoms with Crippen molar-refractivity contribution in [3.05, 3.63) is 58.2 Å². The fourth-order valence-corrected chi connectivity index (χ4v) is 7.08. The van der Waals surface area contributed by atoms with Crippen LogP contribution >= 0.6 is 0 Å². The van der Waals surface area contributed by atoms with Gasteiger partial charge in [0.15, 0.2) is 5.79 Å². The second-order valence-electron chi connectivity index (χ2n) is 11.5. The van der Waals surface area contributed by atoms with E-state index in [0.717, 1.165) is 37.7 Å². The van der Waals surface area contributed by atoms with Crippen LogP contribution in [0.3, 0.4) is 0 Å². The lowest BCUT2D eigenvalue weighted by molar-refractivity contribution is -0.149. The van der Waals surface area contributed by atoms with Crippen LogP contribution < -0.4 is 0 Å². The molecule has 34 heavy (non-hydrogen) atoms. The molecular weight excluding hydrogens is 424 g/mol. The zero-order valence-corrected chi connectivity index (χ0v) is 21.7. The topological polar surface area (TPSA) is 44.8 Å². The number of fused-ring (bicyclic) bond motifs is 2. The zero-order chi connectivity index (χ0) is 24.3. The predicted molar refractivity (Wildman–Crippen MR) is 133 cm³/mol. The Labute approximate surface area is 204 Å². The Morgan fingerprint density at radius 2 is 1.74 bits per heavy atom. The molecule has 1 aliphatic heterocycles. The third-order valence-electron chi connectivity index (χ3n) is 9.77. The molecule has 0 amide bonds. The number of hydrogen-bond donors (Lipinski definition) is 0. The van der Waals surface area contributed by atoms with Gasteiger partial charge in [-0.25, -0.2) is 0 Å². The van der Waals surface area contributed by atoms with Gasteiger partial charge in [-0.3, -0.25) is 4.79 Å². The minimum Gasteiger partial charge on any atom is -0.374 e. The Morgan fingerprint density at radius 3 is 2.35 bits per heavy atom. The third-order valence-corrected chi connectivity index (χ3v) is 9.77. The second kappa shape index (κ2) is 8.43. The van der Waals surface area contributed by atoms with E-state index in [1.54, 1.807) is 18.1 Å². The van der Waals surface area contributed by atoms with Gasteiger partial charge in [0.25, 0.3) is 0 Å². The van der Waals surface area contributed by atoms with Crippen molar-refractivity contribution >= 4 is 5.78 Å². The molecule has 1 saturated carbocycles. The van der Waals surface area contributed by atoms with E-state index in [4.69, 9.17) is 14.2 Å². The van der Waals surface area contributed by atoms with Crippen molar-refractivity contribution in [3.63, 3.8) is 0 Å². The molecule has 3 aliphatic carbocycles. The number of Topliss-reactive ketones (excluding diaryl/α,β-unsaturated/α-hetero) is 1. The third kappa shape index (κ3) is 3.73. The largest absolute Gasteiger partial charge is 0.374 e. The summed E-state index contributed by atoms with van der Waals surface area (Å²) in [5.41, 5.74) is 6.49. The molecule has 5 rings (SSSR count). The molecule has 4 nitrogen and oxygen atoms in total. The maximum atomic E-state index is 13.0. The molecule has 184 valence electrons. The van der Waals surface area contributed by atoms with Gasteiger partial charge >= 0.3 is 0 Å². The molecule has 1 aromatic carbocycles. The van der Waals surface area contributed by atoms with Gasteiger partial charge in [0.2, 0.25) is 0 Å². The van der Waals surface area contributed by atoms with Gasteiger partial charge in [0.1, 0.15) is 5.78 Å². The molecule has 1 saturated heterocycles. The highest BCUT2D eigenvalue weighted by atomic mass is 16.7. The van der Waals surface area contributed by atoms with Gasteiger partial charge < -0.3 is 14.2 Å². The standard InChI is InChI=1S/C30H40O4/c1-19-24-12-9-22-17-28(3,32-6)14-13-25(22)27(24)26(18-29(19,4)20(2)31)21-7-10-23(11-8-21)30(5)33-15-16-34-30/h7-8,10-11,17,19,24,26H,9,12-16,18H2,1-6H3/t19?,24?,26-,28?,29+/m1/s1. The Hall–Kier alpha value is -1.75. The van der Waals surface area contributed by atoms with E-state index in [0.29, 0.717) is 30.8 Å². The summed E-state index contributed by atoms with van der Waals surface area (Å²) >= 11 is 0. The summed E-state index contributed by atoms with van der Waals surface area (Å²) < 4.78 is 17.6. The van der Waals surface area contributed by atoms with Gasteiger partial charge in [-0.2, -0.15) is 0 Å². The number of hydrogen-bond acceptors (Lipinski definition) is 4. The lowest BCUT2D eigenvalue weighted by Gasteiger charge is -2.52. The number of carbonyl (C=O) groups excluding carboxylic acids is 1. The Bertz CT molecular complexity index is 1030. The number of ketones is 1. The van der Waals surface area contributed by atoms with E-state index in [2.05, 4.69) is 51.1 Å². The van der Waals surface area contributed by atoms with Crippen LogP contribution in [0.1, 0.15) is 83.8 Å².